The number of hydrogen-bond acceptors (Lipinski definition) is 2. The molecule has 1 unspecified atom stereocenters. The van der Waals surface area contributed by atoms with E-state index < -0.39 is 0 Å². The molecular formula is C18H27NO. The summed E-state index contributed by atoms with van der Waals surface area (Å²) < 4.78 is 0. The van der Waals surface area contributed by atoms with Crippen LogP contribution in [-0.2, 0) is 11.2 Å². The SMILES string of the molecule is CCC(C)(C(=O)Cc1ccc(C)cc1)N1CCCCC1. The van der Waals surface area contributed by atoms with Gasteiger partial charge in [-0.1, -0.05) is 43.2 Å². The Morgan fingerprint density at radius 2 is 1.75 bits per heavy atom. The van der Waals surface area contributed by atoms with Crippen LogP contribution in [0.2, 0.25) is 0 Å². The second kappa shape index (κ2) is 6.53. The lowest BCUT2D eigenvalue weighted by atomic mass is 9.85. The lowest BCUT2D eigenvalue weighted by molar-refractivity contribution is -0.130. The van der Waals surface area contributed by atoms with Crippen molar-refractivity contribution in [2.24, 2.45) is 0 Å². The molecule has 2 rings (SSSR count). The first-order valence-corrected chi connectivity index (χ1v) is 7.90. The maximum Gasteiger partial charge on any atom is 0.157 e. The van der Waals surface area contributed by atoms with Gasteiger partial charge in [-0.2, -0.15) is 0 Å². The number of likely N-dealkylation sites (tertiary alicyclic amines) is 1. The summed E-state index contributed by atoms with van der Waals surface area (Å²) in [6.45, 7) is 8.50. The van der Waals surface area contributed by atoms with Crippen molar-refractivity contribution >= 4 is 5.78 Å². The molecule has 1 saturated heterocycles. The standard InChI is InChI=1S/C18H27NO/c1-4-18(3,19-12-6-5-7-13-19)17(20)14-16-10-8-15(2)9-11-16/h8-11H,4-7,12-14H2,1-3H3. The average Bonchev–Trinajstić information content (AvgIpc) is 2.49. The molecule has 1 aliphatic rings. The third-order valence-corrected chi connectivity index (χ3v) is 4.83. The summed E-state index contributed by atoms with van der Waals surface area (Å²) in [7, 11) is 0. The molecule has 0 saturated carbocycles. The fourth-order valence-electron chi connectivity index (χ4n) is 3.07. The molecule has 1 aromatic rings. The summed E-state index contributed by atoms with van der Waals surface area (Å²) in [5.74, 6) is 0.366. The molecule has 2 nitrogen and oxygen atoms in total. The van der Waals surface area contributed by atoms with Crippen molar-refractivity contribution in [2.75, 3.05) is 13.1 Å². The topological polar surface area (TPSA) is 20.3 Å². The maximum atomic E-state index is 12.8. The van der Waals surface area contributed by atoms with Crippen molar-refractivity contribution in [3.05, 3.63) is 35.4 Å². The number of carbonyl (C=O) groups is 1. The Morgan fingerprint density at radius 1 is 1.15 bits per heavy atom. The molecule has 2 heteroatoms. The zero-order valence-electron chi connectivity index (χ0n) is 13.1. The summed E-state index contributed by atoms with van der Waals surface area (Å²) in [4.78, 5) is 15.2. The van der Waals surface area contributed by atoms with E-state index in [4.69, 9.17) is 0 Å². The summed E-state index contributed by atoms with van der Waals surface area (Å²) >= 11 is 0. The molecule has 0 aromatic heterocycles. The van der Waals surface area contributed by atoms with Crippen LogP contribution in [0.3, 0.4) is 0 Å². The number of Topliss-reactive ketones (excluding diaryl/α,β-unsaturated/α-hetero) is 1. The third kappa shape index (κ3) is 3.29. The number of ketones is 1. The minimum Gasteiger partial charge on any atom is -0.297 e. The van der Waals surface area contributed by atoms with Gasteiger partial charge in [0.1, 0.15) is 0 Å². The number of aryl methyl sites for hydroxylation is 1. The van der Waals surface area contributed by atoms with Gasteiger partial charge in [-0.25, -0.2) is 0 Å². The van der Waals surface area contributed by atoms with Crippen LogP contribution in [0.15, 0.2) is 24.3 Å². The van der Waals surface area contributed by atoms with Crippen LogP contribution < -0.4 is 0 Å². The number of hydrogen-bond donors (Lipinski definition) is 0. The summed E-state index contributed by atoms with van der Waals surface area (Å²) in [5.41, 5.74) is 2.10. The Morgan fingerprint density at radius 3 is 2.30 bits per heavy atom. The van der Waals surface area contributed by atoms with Gasteiger partial charge in [0, 0.05) is 6.42 Å². The predicted molar refractivity (Wildman–Crippen MR) is 84.0 cm³/mol. The fraction of sp³-hybridized carbons (Fsp3) is 0.611. The maximum absolute atomic E-state index is 12.8. The molecule has 1 heterocycles. The first-order chi connectivity index (χ1) is 9.56. The van der Waals surface area contributed by atoms with Gasteiger partial charge in [-0.05, 0) is 51.8 Å². The van der Waals surface area contributed by atoms with E-state index in [1.54, 1.807) is 0 Å². The van der Waals surface area contributed by atoms with Crippen molar-refractivity contribution in [3.8, 4) is 0 Å². The number of carbonyl (C=O) groups excluding carboxylic acids is 1. The number of piperidine rings is 1. The Bertz CT molecular complexity index is 445. The number of rotatable bonds is 5. The first-order valence-electron chi connectivity index (χ1n) is 7.90. The van der Waals surface area contributed by atoms with E-state index in [1.807, 2.05) is 0 Å². The number of nitrogens with zero attached hydrogens (tertiary/aromatic N) is 1. The van der Waals surface area contributed by atoms with E-state index in [9.17, 15) is 4.79 Å². The highest BCUT2D eigenvalue weighted by Crippen LogP contribution is 2.26. The monoisotopic (exact) mass is 273 g/mol. The molecule has 1 fully saturated rings. The Labute approximate surface area is 123 Å². The first kappa shape index (κ1) is 15.2. The van der Waals surface area contributed by atoms with Gasteiger partial charge in [-0.3, -0.25) is 9.69 Å². The van der Waals surface area contributed by atoms with E-state index in [1.165, 1.54) is 24.8 Å². The molecule has 0 aliphatic carbocycles. The van der Waals surface area contributed by atoms with Gasteiger partial charge >= 0.3 is 0 Å². The van der Waals surface area contributed by atoms with Crippen molar-refractivity contribution in [3.63, 3.8) is 0 Å². The molecule has 0 radical (unpaired) electrons. The highest BCUT2D eigenvalue weighted by molar-refractivity contribution is 5.89. The van der Waals surface area contributed by atoms with Crippen LogP contribution in [0, 0.1) is 6.92 Å². The molecule has 1 aliphatic heterocycles. The van der Waals surface area contributed by atoms with E-state index in [2.05, 4.69) is 49.9 Å². The van der Waals surface area contributed by atoms with Gasteiger partial charge in [0.2, 0.25) is 0 Å². The van der Waals surface area contributed by atoms with Gasteiger partial charge in [0.25, 0.3) is 0 Å². The molecule has 1 aromatic carbocycles. The summed E-state index contributed by atoms with van der Waals surface area (Å²) in [6.07, 6.45) is 5.22. The van der Waals surface area contributed by atoms with E-state index in [0.29, 0.717) is 12.2 Å². The predicted octanol–water partition coefficient (Wildman–Crippen LogP) is 3.76. The highest BCUT2D eigenvalue weighted by Gasteiger charge is 2.37. The van der Waals surface area contributed by atoms with Gasteiger partial charge in [-0.15, -0.1) is 0 Å². The van der Waals surface area contributed by atoms with Crippen molar-refractivity contribution < 1.29 is 4.79 Å². The van der Waals surface area contributed by atoms with E-state index in [0.717, 1.165) is 25.1 Å². The molecule has 110 valence electrons. The lowest BCUT2D eigenvalue weighted by Gasteiger charge is -2.42. The smallest absolute Gasteiger partial charge is 0.157 e. The van der Waals surface area contributed by atoms with Gasteiger partial charge < -0.3 is 0 Å². The second-order valence-electron chi connectivity index (χ2n) is 6.26. The summed E-state index contributed by atoms with van der Waals surface area (Å²) in [6, 6.07) is 8.35. The molecule has 1 atom stereocenters. The van der Waals surface area contributed by atoms with E-state index >= 15 is 0 Å². The van der Waals surface area contributed by atoms with Crippen LogP contribution >= 0.6 is 0 Å². The second-order valence-corrected chi connectivity index (χ2v) is 6.26. The van der Waals surface area contributed by atoms with Crippen LogP contribution in [0.5, 0.6) is 0 Å². The molecule has 20 heavy (non-hydrogen) atoms. The van der Waals surface area contributed by atoms with Crippen molar-refractivity contribution in [2.45, 2.75) is 58.4 Å². The van der Waals surface area contributed by atoms with E-state index in [-0.39, 0.29) is 5.54 Å². The van der Waals surface area contributed by atoms with Crippen molar-refractivity contribution in [1.82, 2.24) is 4.90 Å². The van der Waals surface area contributed by atoms with Crippen LogP contribution in [0.1, 0.15) is 50.7 Å². The normalized spacial score (nSPS) is 19.6. The summed E-state index contributed by atoms with van der Waals surface area (Å²) in [5, 5.41) is 0. The fourth-order valence-corrected chi connectivity index (χ4v) is 3.07. The Balaban J connectivity index is 2.09. The quantitative estimate of drug-likeness (QED) is 0.814. The number of benzene rings is 1. The third-order valence-electron chi connectivity index (χ3n) is 4.83. The largest absolute Gasteiger partial charge is 0.297 e. The van der Waals surface area contributed by atoms with Gasteiger partial charge in [0.05, 0.1) is 5.54 Å². The molecule has 0 spiro atoms. The molecule has 0 amide bonds. The minimum absolute atomic E-state index is 0.286. The van der Waals surface area contributed by atoms with Crippen molar-refractivity contribution in [1.29, 1.82) is 0 Å². The zero-order valence-corrected chi connectivity index (χ0v) is 13.1. The highest BCUT2D eigenvalue weighted by atomic mass is 16.1. The van der Waals surface area contributed by atoms with Crippen LogP contribution in [0.25, 0.3) is 0 Å². The average molecular weight is 273 g/mol. The minimum atomic E-state index is -0.286. The van der Waals surface area contributed by atoms with Crippen LogP contribution in [0.4, 0.5) is 0 Å². The lowest BCUT2D eigenvalue weighted by Crippen LogP contribution is -2.54. The molecule has 0 bridgehead atoms. The molecule has 0 N–H and O–H groups in total. The zero-order chi connectivity index (χ0) is 14.6. The van der Waals surface area contributed by atoms with Gasteiger partial charge in [0.15, 0.2) is 5.78 Å². The Kier molecular flexibility index (Phi) is 4.98. The van der Waals surface area contributed by atoms with Crippen LogP contribution in [-0.4, -0.2) is 29.3 Å². The molecular weight excluding hydrogens is 246 g/mol. The Hall–Kier alpha value is -1.15.